The highest BCUT2D eigenvalue weighted by molar-refractivity contribution is 5.59. The largest absolute Gasteiger partial charge is 0.370 e. The molecule has 2 aliphatic rings. The number of nitriles is 1. The van der Waals surface area contributed by atoms with Crippen LogP contribution >= 0.6 is 0 Å². The third kappa shape index (κ3) is 2.51. The molecule has 2 heterocycles. The van der Waals surface area contributed by atoms with Gasteiger partial charge in [-0.1, -0.05) is 0 Å². The number of hydrogen-bond acceptors (Lipinski definition) is 3. The summed E-state index contributed by atoms with van der Waals surface area (Å²) in [4.78, 5) is 2.27. The van der Waals surface area contributed by atoms with Gasteiger partial charge in [-0.15, -0.1) is 0 Å². The van der Waals surface area contributed by atoms with Crippen LogP contribution in [0.15, 0.2) is 18.2 Å². The van der Waals surface area contributed by atoms with Crippen molar-refractivity contribution in [3.63, 3.8) is 0 Å². The fraction of sp³-hybridized carbons (Fsp3) is 0.562. The molecule has 1 aromatic carbocycles. The minimum atomic E-state index is -0.337. The molecule has 2 fully saturated rings. The van der Waals surface area contributed by atoms with Crippen LogP contribution in [0.3, 0.4) is 0 Å². The van der Waals surface area contributed by atoms with Gasteiger partial charge in [0.2, 0.25) is 0 Å². The Morgan fingerprint density at radius 2 is 2.15 bits per heavy atom. The summed E-state index contributed by atoms with van der Waals surface area (Å²) in [5.41, 5.74) is 1.67. The van der Waals surface area contributed by atoms with Gasteiger partial charge in [-0.25, -0.2) is 4.39 Å². The third-order valence-corrected chi connectivity index (χ3v) is 4.64. The SMILES string of the molecule is N#Cc1cc(F)ccc1N1CCCC2(CCCNC2)C1. The lowest BCUT2D eigenvalue weighted by atomic mass is 9.74. The Balaban J connectivity index is 1.85. The van der Waals surface area contributed by atoms with Gasteiger partial charge in [0.05, 0.1) is 11.3 Å². The molecule has 106 valence electrons. The minimum absolute atomic E-state index is 0.331. The molecule has 1 atom stereocenters. The van der Waals surface area contributed by atoms with Crippen molar-refractivity contribution in [2.45, 2.75) is 25.7 Å². The molecule has 1 unspecified atom stereocenters. The molecular weight excluding hydrogens is 253 g/mol. The van der Waals surface area contributed by atoms with Crippen LogP contribution < -0.4 is 10.2 Å². The highest BCUT2D eigenvalue weighted by Crippen LogP contribution is 2.38. The smallest absolute Gasteiger partial charge is 0.124 e. The van der Waals surface area contributed by atoms with Crippen LogP contribution in [0.2, 0.25) is 0 Å². The molecule has 0 bridgehead atoms. The molecule has 0 radical (unpaired) electrons. The van der Waals surface area contributed by atoms with E-state index in [1.165, 1.54) is 31.4 Å². The van der Waals surface area contributed by atoms with Crippen molar-refractivity contribution in [2.75, 3.05) is 31.1 Å². The van der Waals surface area contributed by atoms with Crippen molar-refractivity contribution in [3.05, 3.63) is 29.6 Å². The number of rotatable bonds is 1. The van der Waals surface area contributed by atoms with E-state index >= 15 is 0 Å². The van der Waals surface area contributed by atoms with Gasteiger partial charge in [0.25, 0.3) is 0 Å². The van der Waals surface area contributed by atoms with E-state index in [2.05, 4.69) is 16.3 Å². The zero-order valence-corrected chi connectivity index (χ0v) is 11.7. The van der Waals surface area contributed by atoms with Crippen molar-refractivity contribution < 1.29 is 4.39 Å². The Hall–Kier alpha value is -1.60. The molecule has 1 N–H and O–H groups in total. The minimum Gasteiger partial charge on any atom is -0.370 e. The van der Waals surface area contributed by atoms with Gasteiger partial charge in [-0.2, -0.15) is 5.26 Å². The van der Waals surface area contributed by atoms with Gasteiger partial charge in [-0.05, 0) is 50.4 Å². The molecule has 0 saturated carbocycles. The molecule has 2 aliphatic heterocycles. The number of piperidine rings is 2. The Morgan fingerprint density at radius 3 is 2.90 bits per heavy atom. The Labute approximate surface area is 119 Å². The average molecular weight is 273 g/mol. The summed E-state index contributed by atoms with van der Waals surface area (Å²) in [5, 5.41) is 12.7. The van der Waals surface area contributed by atoms with Crippen LogP contribution in [0.4, 0.5) is 10.1 Å². The number of hydrogen-bond donors (Lipinski definition) is 1. The molecule has 0 aliphatic carbocycles. The summed E-state index contributed by atoms with van der Waals surface area (Å²) in [6.07, 6.45) is 4.87. The number of anilines is 1. The predicted molar refractivity (Wildman–Crippen MR) is 77.1 cm³/mol. The highest BCUT2D eigenvalue weighted by Gasteiger charge is 2.37. The molecular formula is C16H20FN3. The van der Waals surface area contributed by atoms with Crippen LogP contribution in [0, 0.1) is 22.6 Å². The lowest BCUT2D eigenvalue weighted by Crippen LogP contribution is -2.51. The Bertz CT molecular complexity index is 524. The van der Waals surface area contributed by atoms with Crippen LogP contribution in [-0.2, 0) is 0 Å². The first-order chi connectivity index (χ1) is 9.72. The van der Waals surface area contributed by atoms with Crippen molar-refractivity contribution in [1.82, 2.24) is 5.32 Å². The van der Waals surface area contributed by atoms with Crippen molar-refractivity contribution in [1.29, 1.82) is 5.26 Å². The lowest BCUT2D eigenvalue weighted by Gasteiger charge is -2.46. The number of nitrogens with one attached hydrogen (secondary N) is 1. The Kier molecular flexibility index (Phi) is 3.62. The van der Waals surface area contributed by atoms with Gasteiger partial charge in [0.15, 0.2) is 0 Å². The van der Waals surface area contributed by atoms with Gasteiger partial charge < -0.3 is 10.2 Å². The maximum absolute atomic E-state index is 13.3. The molecule has 4 heteroatoms. The molecule has 3 nitrogen and oxygen atoms in total. The summed E-state index contributed by atoms with van der Waals surface area (Å²) >= 11 is 0. The first-order valence-corrected chi connectivity index (χ1v) is 7.38. The summed E-state index contributed by atoms with van der Waals surface area (Å²) in [5.74, 6) is -0.337. The first-order valence-electron chi connectivity index (χ1n) is 7.38. The van der Waals surface area contributed by atoms with E-state index in [-0.39, 0.29) is 5.82 Å². The Morgan fingerprint density at radius 1 is 1.30 bits per heavy atom. The standard InChI is InChI=1S/C16H20FN3/c17-14-3-4-15(13(9-14)10-18)20-8-2-6-16(12-20)5-1-7-19-11-16/h3-4,9,19H,1-2,5-8,11-12H2. The maximum atomic E-state index is 13.3. The fourth-order valence-corrected chi connectivity index (χ4v) is 3.67. The van der Waals surface area contributed by atoms with E-state index in [4.69, 9.17) is 0 Å². The van der Waals surface area contributed by atoms with Crippen molar-refractivity contribution >= 4 is 5.69 Å². The highest BCUT2D eigenvalue weighted by atomic mass is 19.1. The van der Waals surface area contributed by atoms with E-state index in [0.717, 1.165) is 38.3 Å². The van der Waals surface area contributed by atoms with E-state index < -0.39 is 0 Å². The van der Waals surface area contributed by atoms with E-state index in [1.807, 2.05) is 0 Å². The zero-order valence-electron chi connectivity index (χ0n) is 11.7. The second-order valence-electron chi connectivity index (χ2n) is 6.08. The average Bonchev–Trinajstić information content (AvgIpc) is 2.48. The maximum Gasteiger partial charge on any atom is 0.124 e. The fourth-order valence-electron chi connectivity index (χ4n) is 3.67. The van der Waals surface area contributed by atoms with E-state index in [1.54, 1.807) is 6.07 Å². The van der Waals surface area contributed by atoms with E-state index in [0.29, 0.717) is 11.0 Å². The molecule has 1 spiro atoms. The van der Waals surface area contributed by atoms with Crippen molar-refractivity contribution in [3.8, 4) is 6.07 Å². The number of benzene rings is 1. The summed E-state index contributed by atoms with van der Waals surface area (Å²) in [7, 11) is 0. The second-order valence-corrected chi connectivity index (χ2v) is 6.08. The first kappa shape index (κ1) is 13.4. The molecule has 0 amide bonds. The molecule has 0 aromatic heterocycles. The molecule has 20 heavy (non-hydrogen) atoms. The summed E-state index contributed by atoms with van der Waals surface area (Å²) in [6.45, 7) is 4.11. The lowest BCUT2D eigenvalue weighted by molar-refractivity contribution is 0.173. The van der Waals surface area contributed by atoms with Crippen LogP contribution in [0.25, 0.3) is 0 Å². The van der Waals surface area contributed by atoms with Gasteiger partial charge in [-0.3, -0.25) is 0 Å². The molecule has 2 saturated heterocycles. The van der Waals surface area contributed by atoms with Gasteiger partial charge >= 0.3 is 0 Å². The third-order valence-electron chi connectivity index (χ3n) is 4.64. The summed E-state index contributed by atoms with van der Waals surface area (Å²) in [6, 6.07) is 6.68. The summed E-state index contributed by atoms with van der Waals surface area (Å²) < 4.78 is 13.3. The number of halogens is 1. The topological polar surface area (TPSA) is 39.1 Å². The predicted octanol–water partition coefficient (Wildman–Crippen LogP) is 2.67. The zero-order chi connectivity index (χ0) is 14.0. The normalized spacial score (nSPS) is 26.5. The van der Waals surface area contributed by atoms with Crippen LogP contribution in [0.5, 0.6) is 0 Å². The second kappa shape index (κ2) is 5.41. The number of nitrogens with zero attached hydrogens (tertiary/aromatic N) is 2. The molecule has 1 aromatic rings. The van der Waals surface area contributed by atoms with Gasteiger partial charge in [0, 0.05) is 25.0 Å². The van der Waals surface area contributed by atoms with Crippen molar-refractivity contribution in [2.24, 2.45) is 5.41 Å². The van der Waals surface area contributed by atoms with Gasteiger partial charge in [0.1, 0.15) is 11.9 Å². The molecule has 3 rings (SSSR count). The van der Waals surface area contributed by atoms with E-state index in [9.17, 15) is 9.65 Å². The van der Waals surface area contributed by atoms with Crippen LogP contribution in [-0.4, -0.2) is 26.2 Å². The van der Waals surface area contributed by atoms with Crippen LogP contribution in [0.1, 0.15) is 31.2 Å². The quantitative estimate of drug-likeness (QED) is 0.855. The monoisotopic (exact) mass is 273 g/mol.